The van der Waals surface area contributed by atoms with Crippen LogP contribution >= 0.6 is 0 Å². The SMILES string of the molecule is COc1ccc(CCNC(=O)COC(=O)c2ccccc2C(=O)c2ccccc2)cc1. The fourth-order valence-corrected chi connectivity index (χ4v) is 3.00. The summed E-state index contributed by atoms with van der Waals surface area (Å²) in [6, 6.07) is 22.6. The number of rotatable bonds is 9. The van der Waals surface area contributed by atoms with Crippen LogP contribution in [0.1, 0.15) is 31.8 Å². The second kappa shape index (κ2) is 10.7. The molecule has 0 spiro atoms. The molecule has 3 rings (SSSR count). The minimum absolute atomic E-state index is 0.127. The number of ether oxygens (including phenoxy) is 2. The number of amides is 1. The van der Waals surface area contributed by atoms with Crippen LogP contribution in [0.3, 0.4) is 0 Å². The van der Waals surface area contributed by atoms with Crippen LogP contribution in [0.25, 0.3) is 0 Å². The number of esters is 1. The van der Waals surface area contributed by atoms with Crippen molar-refractivity contribution >= 4 is 17.7 Å². The molecule has 158 valence electrons. The molecule has 6 heteroatoms. The van der Waals surface area contributed by atoms with E-state index in [1.807, 2.05) is 30.3 Å². The Bertz CT molecular complexity index is 1050. The minimum Gasteiger partial charge on any atom is -0.497 e. The summed E-state index contributed by atoms with van der Waals surface area (Å²) in [5.41, 5.74) is 1.88. The van der Waals surface area contributed by atoms with E-state index < -0.39 is 18.5 Å². The van der Waals surface area contributed by atoms with E-state index in [1.165, 1.54) is 6.07 Å². The van der Waals surface area contributed by atoms with Gasteiger partial charge in [0, 0.05) is 17.7 Å². The van der Waals surface area contributed by atoms with Crippen LogP contribution in [0.5, 0.6) is 5.75 Å². The summed E-state index contributed by atoms with van der Waals surface area (Å²) in [5.74, 6) is -0.637. The Morgan fingerprint density at radius 1 is 0.806 bits per heavy atom. The molecule has 0 aliphatic rings. The van der Waals surface area contributed by atoms with Gasteiger partial charge in [0.15, 0.2) is 12.4 Å². The summed E-state index contributed by atoms with van der Waals surface area (Å²) >= 11 is 0. The van der Waals surface area contributed by atoms with Gasteiger partial charge in [-0.15, -0.1) is 0 Å². The van der Waals surface area contributed by atoms with Gasteiger partial charge in [-0.1, -0.05) is 60.7 Å². The summed E-state index contributed by atoms with van der Waals surface area (Å²) < 4.78 is 10.2. The maximum atomic E-state index is 12.7. The van der Waals surface area contributed by atoms with Crippen LogP contribution in [-0.2, 0) is 16.0 Å². The third-order valence-corrected chi connectivity index (χ3v) is 4.66. The zero-order valence-corrected chi connectivity index (χ0v) is 17.2. The lowest BCUT2D eigenvalue weighted by Crippen LogP contribution is -2.30. The Morgan fingerprint density at radius 3 is 2.13 bits per heavy atom. The van der Waals surface area contributed by atoms with Crippen LogP contribution in [0, 0.1) is 0 Å². The van der Waals surface area contributed by atoms with Gasteiger partial charge in [-0.05, 0) is 30.2 Å². The molecule has 0 aliphatic carbocycles. The van der Waals surface area contributed by atoms with Gasteiger partial charge < -0.3 is 14.8 Å². The zero-order chi connectivity index (χ0) is 22.1. The first-order valence-electron chi connectivity index (χ1n) is 9.84. The lowest BCUT2D eigenvalue weighted by atomic mass is 9.98. The van der Waals surface area contributed by atoms with E-state index in [9.17, 15) is 14.4 Å². The van der Waals surface area contributed by atoms with Crippen molar-refractivity contribution in [1.29, 1.82) is 0 Å². The second-order valence-electron chi connectivity index (χ2n) is 6.76. The lowest BCUT2D eigenvalue weighted by Gasteiger charge is -2.10. The van der Waals surface area contributed by atoms with Crippen molar-refractivity contribution in [2.24, 2.45) is 0 Å². The van der Waals surface area contributed by atoms with Gasteiger partial charge in [0.25, 0.3) is 5.91 Å². The molecular weight excluding hydrogens is 394 g/mol. The van der Waals surface area contributed by atoms with Crippen LogP contribution in [-0.4, -0.2) is 37.9 Å². The molecule has 0 radical (unpaired) electrons. The molecule has 0 unspecified atom stereocenters. The predicted octanol–water partition coefficient (Wildman–Crippen LogP) is 3.44. The molecule has 0 fully saturated rings. The lowest BCUT2D eigenvalue weighted by molar-refractivity contribution is -0.124. The summed E-state index contributed by atoms with van der Waals surface area (Å²) in [5, 5.41) is 2.72. The van der Waals surface area contributed by atoms with Gasteiger partial charge >= 0.3 is 5.97 Å². The molecule has 31 heavy (non-hydrogen) atoms. The van der Waals surface area contributed by atoms with Gasteiger partial charge in [-0.3, -0.25) is 9.59 Å². The molecule has 3 aromatic rings. The van der Waals surface area contributed by atoms with Crippen molar-refractivity contribution in [1.82, 2.24) is 5.32 Å². The Kier molecular flexibility index (Phi) is 7.54. The van der Waals surface area contributed by atoms with Crippen molar-refractivity contribution in [2.75, 3.05) is 20.3 Å². The first-order valence-corrected chi connectivity index (χ1v) is 9.84. The fourth-order valence-electron chi connectivity index (χ4n) is 3.00. The molecule has 0 heterocycles. The van der Waals surface area contributed by atoms with Crippen molar-refractivity contribution in [3.63, 3.8) is 0 Å². The Balaban J connectivity index is 1.52. The van der Waals surface area contributed by atoms with Crippen molar-refractivity contribution in [3.8, 4) is 5.75 Å². The molecule has 0 aromatic heterocycles. The summed E-state index contributed by atoms with van der Waals surface area (Å²) in [7, 11) is 1.60. The number of nitrogens with one attached hydrogen (secondary N) is 1. The monoisotopic (exact) mass is 417 g/mol. The standard InChI is InChI=1S/C25H23NO5/c1-30-20-13-11-18(12-14-20)15-16-26-23(27)17-31-25(29)22-10-6-5-9-21(22)24(28)19-7-3-2-4-8-19/h2-14H,15-17H2,1H3,(H,26,27). The van der Waals surface area contributed by atoms with Crippen molar-refractivity contribution < 1.29 is 23.9 Å². The molecule has 1 amide bonds. The third-order valence-electron chi connectivity index (χ3n) is 4.66. The Hall–Kier alpha value is -3.93. The van der Waals surface area contributed by atoms with E-state index in [2.05, 4.69) is 5.32 Å². The number of hydrogen-bond acceptors (Lipinski definition) is 5. The van der Waals surface area contributed by atoms with Gasteiger partial charge in [0.1, 0.15) is 5.75 Å². The highest BCUT2D eigenvalue weighted by molar-refractivity contribution is 6.14. The molecule has 0 bridgehead atoms. The van der Waals surface area contributed by atoms with Gasteiger partial charge in [0.2, 0.25) is 0 Å². The predicted molar refractivity (Wildman–Crippen MR) is 116 cm³/mol. The van der Waals surface area contributed by atoms with Crippen molar-refractivity contribution in [3.05, 3.63) is 101 Å². The van der Waals surface area contributed by atoms with Crippen LogP contribution < -0.4 is 10.1 Å². The Labute approximate surface area is 180 Å². The first-order chi connectivity index (χ1) is 15.1. The van der Waals surface area contributed by atoms with Gasteiger partial charge in [0.05, 0.1) is 12.7 Å². The molecular formula is C25H23NO5. The molecule has 0 saturated heterocycles. The number of ketones is 1. The molecule has 1 N–H and O–H groups in total. The highest BCUT2D eigenvalue weighted by Gasteiger charge is 2.19. The van der Waals surface area contributed by atoms with E-state index in [1.54, 1.807) is 49.6 Å². The number of methoxy groups -OCH3 is 1. The Morgan fingerprint density at radius 2 is 1.45 bits per heavy atom. The number of benzene rings is 3. The molecule has 0 aliphatic heterocycles. The van der Waals surface area contributed by atoms with Crippen LogP contribution in [0.15, 0.2) is 78.9 Å². The van der Waals surface area contributed by atoms with Gasteiger partial charge in [-0.25, -0.2) is 4.79 Å². The minimum atomic E-state index is -0.717. The van der Waals surface area contributed by atoms with E-state index in [-0.39, 0.29) is 16.9 Å². The third kappa shape index (κ3) is 6.02. The van der Waals surface area contributed by atoms with Crippen LogP contribution in [0.4, 0.5) is 0 Å². The fraction of sp³-hybridized carbons (Fsp3) is 0.160. The van der Waals surface area contributed by atoms with E-state index >= 15 is 0 Å². The van der Waals surface area contributed by atoms with E-state index in [4.69, 9.17) is 9.47 Å². The average molecular weight is 417 g/mol. The van der Waals surface area contributed by atoms with Crippen LogP contribution in [0.2, 0.25) is 0 Å². The summed E-state index contributed by atoms with van der Waals surface area (Å²) in [6.07, 6.45) is 0.637. The number of carbonyl (C=O) groups is 3. The molecule has 3 aromatic carbocycles. The molecule has 0 atom stereocenters. The highest BCUT2D eigenvalue weighted by Crippen LogP contribution is 2.16. The largest absolute Gasteiger partial charge is 0.497 e. The maximum Gasteiger partial charge on any atom is 0.339 e. The smallest absolute Gasteiger partial charge is 0.339 e. The second-order valence-corrected chi connectivity index (χ2v) is 6.76. The zero-order valence-electron chi connectivity index (χ0n) is 17.2. The quantitative estimate of drug-likeness (QED) is 0.426. The summed E-state index contributed by atoms with van der Waals surface area (Å²) in [4.78, 5) is 37.3. The summed E-state index contributed by atoms with van der Waals surface area (Å²) in [6.45, 7) is -0.0128. The number of hydrogen-bond donors (Lipinski definition) is 1. The normalized spacial score (nSPS) is 10.2. The number of carbonyl (C=O) groups excluding carboxylic acids is 3. The van der Waals surface area contributed by atoms with Crippen molar-refractivity contribution in [2.45, 2.75) is 6.42 Å². The molecule has 6 nitrogen and oxygen atoms in total. The highest BCUT2D eigenvalue weighted by atomic mass is 16.5. The van der Waals surface area contributed by atoms with Gasteiger partial charge in [-0.2, -0.15) is 0 Å². The van der Waals surface area contributed by atoms with E-state index in [0.29, 0.717) is 18.5 Å². The average Bonchev–Trinajstić information content (AvgIpc) is 2.83. The maximum absolute atomic E-state index is 12.7. The first kappa shape index (κ1) is 21.8. The topological polar surface area (TPSA) is 81.7 Å². The van der Waals surface area contributed by atoms with E-state index in [0.717, 1.165) is 11.3 Å². The molecule has 0 saturated carbocycles.